The van der Waals surface area contributed by atoms with Crippen molar-refractivity contribution in [1.82, 2.24) is 9.88 Å². The van der Waals surface area contributed by atoms with Crippen molar-refractivity contribution in [2.75, 3.05) is 32.1 Å². The van der Waals surface area contributed by atoms with Crippen molar-refractivity contribution < 1.29 is 28.9 Å². The first-order valence-corrected chi connectivity index (χ1v) is 19.4. The lowest BCUT2D eigenvalue weighted by Crippen LogP contribution is -2.53. The number of aromatic nitrogens is 1. The number of nitrogens with zero attached hydrogens (tertiary/aromatic N) is 2. The fourth-order valence-electron chi connectivity index (χ4n) is 9.42. The predicted octanol–water partition coefficient (Wildman–Crippen LogP) is 8.21. The topological polar surface area (TPSA) is 110 Å². The molecule has 2 N–H and O–H groups in total. The normalized spacial score (nSPS) is 26.8. The minimum Gasteiger partial charge on any atom is -0.493 e. The molecular formula is C42H52ClN3O6. The highest BCUT2D eigenvalue weighted by molar-refractivity contribution is 6.30. The van der Waals surface area contributed by atoms with Gasteiger partial charge in [-0.15, -0.1) is 0 Å². The van der Waals surface area contributed by atoms with E-state index in [1.165, 1.54) is 28.8 Å². The van der Waals surface area contributed by atoms with E-state index in [1.54, 1.807) is 31.0 Å². The van der Waals surface area contributed by atoms with E-state index in [0.29, 0.717) is 55.6 Å². The molecule has 10 heteroatoms. The number of pyridine rings is 1. The summed E-state index contributed by atoms with van der Waals surface area (Å²) in [7, 11) is 1.80. The van der Waals surface area contributed by atoms with Crippen LogP contribution in [0.3, 0.4) is 0 Å². The molecule has 2 aromatic carbocycles. The molecule has 1 aliphatic heterocycles. The number of anilines is 1. The lowest BCUT2D eigenvalue weighted by molar-refractivity contribution is -0.144. The van der Waals surface area contributed by atoms with Crippen LogP contribution in [0.5, 0.6) is 17.2 Å². The number of aliphatic carboxylic acids is 1. The van der Waals surface area contributed by atoms with Gasteiger partial charge >= 0.3 is 5.97 Å². The lowest BCUT2D eigenvalue weighted by Gasteiger charge is -2.47. The highest BCUT2D eigenvalue weighted by Crippen LogP contribution is 2.58. The molecule has 4 atom stereocenters. The Hall–Kier alpha value is -3.98. The largest absolute Gasteiger partial charge is 0.493 e. The van der Waals surface area contributed by atoms with Crippen molar-refractivity contribution in [2.24, 2.45) is 11.8 Å². The molecule has 0 bridgehead atoms. The van der Waals surface area contributed by atoms with Crippen molar-refractivity contribution >= 4 is 29.2 Å². The Morgan fingerprint density at radius 1 is 1.13 bits per heavy atom. The summed E-state index contributed by atoms with van der Waals surface area (Å²) in [4.78, 5) is 31.4. The second kappa shape index (κ2) is 14.8. The number of nitrogens with one attached hydrogen (secondary N) is 1. The Morgan fingerprint density at radius 2 is 1.94 bits per heavy atom. The number of benzene rings is 2. The minimum absolute atomic E-state index is 0.00346. The van der Waals surface area contributed by atoms with E-state index in [0.717, 1.165) is 55.8 Å². The molecule has 1 spiro atoms. The summed E-state index contributed by atoms with van der Waals surface area (Å²) in [5.74, 6) is 2.58. The van der Waals surface area contributed by atoms with E-state index in [1.807, 2.05) is 24.4 Å². The minimum atomic E-state index is -1.10. The molecule has 2 unspecified atom stereocenters. The van der Waals surface area contributed by atoms with Gasteiger partial charge in [0.1, 0.15) is 17.4 Å². The number of carboxylic acid groups (broad SMARTS) is 1. The smallest absolute Gasteiger partial charge is 0.329 e. The second-order valence-corrected chi connectivity index (χ2v) is 16.4. The molecule has 3 aromatic rings. The number of rotatable bonds is 10. The first kappa shape index (κ1) is 36.4. The van der Waals surface area contributed by atoms with Gasteiger partial charge in [0.15, 0.2) is 11.5 Å². The van der Waals surface area contributed by atoms with Gasteiger partial charge in [-0.3, -0.25) is 9.78 Å². The number of likely N-dealkylation sites (N-methyl/N-ethyl adjacent to an activating group) is 1. The van der Waals surface area contributed by atoms with Gasteiger partial charge in [0, 0.05) is 48.6 Å². The zero-order chi connectivity index (χ0) is 36.6. The molecule has 3 aliphatic carbocycles. The van der Waals surface area contributed by atoms with E-state index >= 15 is 0 Å². The number of hydrogen-bond acceptors (Lipinski definition) is 7. The maximum atomic E-state index is 13.0. The number of carbonyl (C=O) groups excluding carboxylic acids is 1. The maximum Gasteiger partial charge on any atom is 0.329 e. The zero-order valence-corrected chi connectivity index (χ0v) is 31.6. The molecule has 1 aromatic heterocycles. The van der Waals surface area contributed by atoms with Gasteiger partial charge in [0.2, 0.25) is 5.91 Å². The first-order chi connectivity index (χ1) is 25.0. The van der Waals surface area contributed by atoms with Crippen LogP contribution in [0.15, 0.2) is 48.7 Å². The highest BCUT2D eigenvalue weighted by Gasteiger charge is 2.54. The average Bonchev–Trinajstić information content (AvgIpc) is 3.23. The summed E-state index contributed by atoms with van der Waals surface area (Å²) in [6, 6.07) is 13.7. The van der Waals surface area contributed by atoms with Crippen LogP contribution >= 0.6 is 11.6 Å². The van der Waals surface area contributed by atoms with E-state index < -0.39 is 11.5 Å². The van der Waals surface area contributed by atoms with Gasteiger partial charge in [-0.2, -0.15) is 0 Å². The molecular weight excluding hydrogens is 678 g/mol. The van der Waals surface area contributed by atoms with Gasteiger partial charge in [-0.25, -0.2) is 4.79 Å². The maximum absolute atomic E-state index is 13.0. The number of carboxylic acids is 1. The lowest BCUT2D eigenvalue weighted by atomic mass is 9.59. The first-order valence-electron chi connectivity index (χ1n) is 19.0. The summed E-state index contributed by atoms with van der Waals surface area (Å²) >= 11 is 6.29. The van der Waals surface area contributed by atoms with Gasteiger partial charge in [-0.1, -0.05) is 31.5 Å². The Labute approximate surface area is 312 Å². The molecule has 1 amide bonds. The Bertz CT molecular complexity index is 1810. The number of amides is 1. The summed E-state index contributed by atoms with van der Waals surface area (Å²) in [6.45, 7) is 7.71. The molecule has 9 nitrogen and oxygen atoms in total. The number of carbonyl (C=O) groups is 2. The molecule has 1 fully saturated rings. The molecule has 1 saturated carbocycles. The summed E-state index contributed by atoms with van der Waals surface area (Å²) in [5, 5.41) is 14.6. The molecule has 0 saturated heterocycles. The van der Waals surface area contributed by atoms with Crippen molar-refractivity contribution in [3.8, 4) is 17.2 Å². The number of fused-ring (bicyclic) bond motifs is 4. The second-order valence-electron chi connectivity index (χ2n) is 15.9. The SMILES string of the molecule is CC(=O)N(C)CC1CCOc2cc3c(cc2O1)CC(C[C@@H](C)COc1ccnc2c1[C@H](C)CCC2)C31CCC(Nc2cccc(Cl)c2)(C(=O)O)CC1. The van der Waals surface area contributed by atoms with E-state index in [2.05, 4.69) is 36.3 Å². The number of halogens is 1. The van der Waals surface area contributed by atoms with Crippen molar-refractivity contribution in [3.63, 3.8) is 0 Å². The fraction of sp³-hybridized carbons (Fsp3) is 0.548. The molecule has 0 radical (unpaired) electrons. The van der Waals surface area contributed by atoms with Crippen LogP contribution < -0.4 is 19.5 Å². The predicted molar refractivity (Wildman–Crippen MR) is 202 cm³/mol. The summed E-state index contributed by atoms with van der Waals surface area (Å²) in [5.41, 5.74) is 4.33. The summed E-state index contributed by atoms with van der Waals surface area (Å²) in [6.07, 6.45) is 9.93. The van der Waals surface area contributed by atoms with Crippen LogP contribution in [-0.4, -0.2) is 65.3 Å². The van der Waals surface area contributed by atoms with Gasteiger partial charge in [-0.05, 0) is 128 Å². The fourth-order valence-corrected chi connectivity index (χ4v) is 9.61. The van der Waals surface area contributed by atoms with Crippen LogP contribution in [0.4, 0.5) is 5.69 Å². The van der Waals surface area contributed by atoms with Crippen molar-refractivity contribution in [2.45, 2.75) is 108 Å². The third-order valence-corrected chi connectivity index (χ3v) is 12.6. The average molecular weight is 730 g/mol. The van der Waals surface area contributed by atoms with Crippen LogP contribution in [0.1, 0.15) is 100 Å². The third kappa shape index (κ3) is 7.17. The van der Waals surface area contributed by atoms with Crippen LogP contribution in [0.2, 0.25) is 5.02 Å². The van der Waals surface area contributed by atoms with Gasteiger partial charge < -0.3 is 29.5 Å². The van der Waals surface area contributed by atoms with Crippen LogP contribution in [0.25, 0.3) is 0 Å². The Balaban J connectivity index is 1.16. The van der Waals surface area contributed by atoms with Gasteiger partial charge in [0.05, 0.1) is 19.8 Å². The van der Waals surface area contributed by atoms with Crippen molar-refractivity contribution in [3.05, 3.63) is 76.1 Å². The monoisotopic (exact) mass is 729 g/mol. The Morgan fingerprint density at radius 3 is 2.69 bits per heavy atom. The summed E-state index contributed by atoms with van der Waals surface area (Å²) < 4.78 is 19.5. The molecule has 278 valence electrons. The van der Waals surface area contributed by atoms with Crippen molar-refractivity contribution in [1.29, 1.82) is 0 Å². The van der Waals surface area contributed by atoms with Gasteiger partial charge in [0.25, 0.3) is 0 Å². The van der Waals surface area contributed by atoms with E-state index in [4.69, 9.17) is 25.8 Å². The molecule has 2 heterocycles. The number of ether oxygens (including phenoxy) is 3. The zero-order valence-electron chi connectivity index (χ0n) is 30.9. The highest BCUT2D eigenvalue weighted by atomic mass is 35.5. The number of hydrogen-bond donors (Lipinski definition) is 2. The quantitative estimate of drug-likeness (QED) is 0.215. The standard InChI is InChI=1S/C42H52ClN3O6/c1-26(25-51-36-11-17-44-35-10-5-7-27(2)39(35)36)19-30-20-29-21-38-37(50-18-12-33(52-38)24-46(4)28(3)47)23-34(29)41(30)13-15-42(16-14-41,40(48)49)45-32-9-6-8-31(43)22-32/h6,8-9,11,17,21-23,26-27,30,33,45H,5,7,10,12-16,18-20,24-25H2,1-4H3,(H,48,49)/t26-,27-,30?,33?,41?,42?/m1/s1. The van der Waals surface area contributed by atoms with E-state index in [-0.39, 0.29) is 29.3 Å². The molecule has 52 heavy (non-hydrogen) atoms. The van der Waals surface area contributed by atoms with Crippen LogP contribution in [0, 0.1) is 11.8 Å². The van der Waals surface area contributed by atoms with E-state index in [9.17, 15) is 14.7 Å². The molecule has 7 rings (SSSR count). The van der Waals surface area contributed by atoms with Crippen LogP contribution in [-0.2, 0) is 27.8 Å². The Kier molecular flexibility index (Phi) is 10.4. The number of aryl methyl sites for hydroxylation is 1. The molecule has 4 aliphatic rings. The third-order valence-electron chi connectivity index (χ3n) is 12.4.